The van der Waals surface area contributed by atoms with Crippen LogP contribution in [0.2, 0.25) is 0 Å². The molecule has 0 fully saturated rings. The molecule has 0 bridgehead atoms. The Morgan fingerprint density at radius 3 is 3.00 bits per heavy atom. The topological polar surface area (TPSA) is 41.5 Å². The number of rotatable bonds is 6. The van der Waals surface area contributed by atoms with E-state index in [1.807, 2.05) is 12.1 Å². The van der Waals surface area contributed by atoms with Gasteiger partial charge in [0.25, 0.3) is 0 Å². The number of ether oxygens (including phenoxy) is 1. The summed E-state index contributed by atoms with van der Waals surface area (Å²) < 4.78 is 7.01. The number of benzene rings is 1. The van der Waals surface area contributed by atoms with Gasteiger partial charge in [0, 0.05) is 30.6 Å². The maximum Gasteiger partial charge on any atom is 0.123 e. The summed E-state index contributed by atoms with van der Waals surface area (Å²) in [6.45, 7) is 6.32. The van der Waals surface area contributed by atoms with Gasteiger partial charge < -0.3 is 15.2 Å². The summed E-state index contributed by atoms with van der Waals surface area (Å²) >= 11 is 3.49. The van der Waals surface area contributed by atoms with Crippen LogP contribution in [0.15, 0.2) is 22.7 Å². The van der Waals surface area contributed by atoms with Crippen molar-refractivity contribution < 1.29 is 9.84 Å². The van der Waals surface area contributed by atoms with Gasteiger partial charge in [-0.1, -0.05) is 29.8 Å². The number of fused-ring (bicyclic) bond motifs is 1. The minimum atomic E-state index is 0.128. The summed E-state index contributed by atoms with van der Waals surface area (Å²) in [6.07, 6.45) is 2.00. The van der Waals surface area contributed by atoms with E-state index in [0.29, 0.717) is 0 Å². The Balaban J connectivity index is 1.78. The molecule has 1 aliphatic rings. The molecule has 3 nitrogen and oxygen atoms in total. The van der Waals surface area contributed by atoms with Crippen molar-refractivity contribution in [3.63, 3.8) is 0 Å². The van der Waals surface area contributed by atoms with Crippen molar-refractivity contribution in [3.8, 4) is 5.75 Å². The summed E-state index contributed by atoms with van der Waals surface area (Å²) in [5.41, 5.74) is 1.40. The highest BCUT2D eigenvalue weighted by atomic mass is 79.9. The number of hydrogen-bond acceptors (Lipinski definition) is 3. The molecule has 0 amide bonds. The molecule has 19 heavy (non-hydrogen) atoms. The molecule has 0 aromatic heterocycles. The summed E-state index contributed by atoms with van der Waals surface area (Å²) in [5, 5.41) is 12.5. The van der Waals surface area contributed by atoms with Crippen LogP contribution in [0.5, 0.6) is 5.75 Å². The maximum absolute atomic E-state index is 9.00. The fourth-order valence-corrected chi connectivity index (χ4v) is 2.77. The van der Waals surface area contributed by atoms with Gasteiger partial charge in [0.05, 0.1) is 0 Å². The molecule has 0 saturated heterocycles. The molecule has 1 atom stereocenters. The number of aliphatic hydroxyl groups is 1. The average Bonchev–Trinajstić information content (AvgIpc) is 2.70. The lowest BCUT2D eigenvalue weighted by molar-refractivity contribution is 0.190. The lowest BCUT2D eigenvalue weighted by atomic mass is 9.90. The number of aliphatic hydroxyl groups excluding tert-OH is 1. The first-order valence-corrected chi connectivity index (χ1v) is 7.56. The Bertz CT molecular complexity index is 434. The average molecular weight is 328 g/mol. The highest BCUT2D eigenvalue weighted by molar-refractivity contribution is 9.10. The first-order chi connectivity index (χ1) is 9.00. The Hall–Kier alpha value is -0.580. The van der Waals surface area contributed by atoms with E-state index in [-0.39, 0.29) is 18.1 Å². The molecule has 1 aromatic rings. The van der Waals surface area contributed by atoms with Crippen LogP contribution in [0.4, 0.5) is 0 Å². The molecular weight excluding hydrogens is 306 g/mol. The Labute approximate surface area is 123 Å². The quantitative estimate of drug-likeness (QED) is 0.844. The van der Waals surface area contributed by atoms with Crippen molar-refractivity contribution in [3.05, 3.63) is 28.2 Å². The summed E-state index contributed by atoms with van der Waals surface area (Å²) in [6, 6.07) is 6.17. The SMILES string of the molecule is CC(C)(CCO)CNCC1Cc2cc(Br)ccc2O1. The van der Waals surface area contributed by atoms with E-state index < -0.39 is 0 Å². The molecule has 0 saturated carbocycles. The molecule has 4 heteroatoms. The van der Waals surface area contributed by atoms with Crippen molar-refractivity contribution in [2.24, 2.45) is 5.41 Å². The van der Waals surface area contributed by atoms with Crippen LogP contribution in [0, 0.1) is 5.41 Å². The van der Waals surface area contributed by atoms with E-state index >= 15 is 0 Å². The van der Waals surface area contributed by atoms with Crippen LogP contribution in [-0.2, 0) is 6.42 Å². The van der Waals surface area contributed by atoms with Gasteiger partial charge in [-0.25, -0.2) is 0 Å². The predicted molar refractivity (Wildman–Crippen MR) is 80.6 cm³/mol. The second-order valence-corrected chi connectivity index (χ2v) is 6.88. The highest BCUT2D eigenvalue weighted by Crippen LogP contribution is 2.31. The zero-order chi connectivity index (χ0) is 13.9. The molecule has 0 spiro atoms. The van der Waals surface area contributed by atoms with Gasteiger partial charge in [-0.2, -0.15) is 0 Å². The molecule has 106 valence electrons. The maximum atomic E-state index is 9.00. The summed E-state index contributed by atoms with van der Waals surface area (Å²) in [5.74, 6) is 1.00. The van der Waals surface area contributed by atoms with E-state index in [1.54, 1.807) is 0 Å². The van der Waals surface area contributed by atoms with Gasteiger partial charge in [-0.15, -0.1) is 0 Å². The van der Waals surface area contributed by atoms with Crippen molar-refractivity contribution >= 4 is 15.9 Å². The largest absolute Gasteiger partial charge is 0.488 e. The lowest BCUT2D eigenvalue weighted by Crippen LogP contribution is -2.36. The zero-order valence-corrected chi connectivity index (χ0v) is 13.2. The Kier molecular flexibility index (Phi) is 4.87. The summed E-state index contributed by atoms with van der Waals surface area (Å²) in [4.78, 5) is 0. The van der Waals surface area contributed by atoms with Crippen LogP contribution in [-0.4, -0.2) is 30.9 Å². The van der Waals surface area contributed by atoms with Gasteiger partial charge in [0.1, 0.15) is 11.9 Å². The van der Waals surface area contributed by atoms with E-state index in [4.69, 9.17) is 9.84 Å². The molecule has 1 heterocycles. The third-order valence-corrected chi connectivity index (χ3v) is 4.02. The predicted octanol–water partition coefficient (Wildman–Crippen LogP) is 2.75. The van der Waals surface area contributed by atoms with Crippen molar-refractivity contribution in [2.75, 3.05) is 19.7 Å². The molecule has 2 rings (SSSR count). The van der Waals surface area contributed by atoms with Gasteiger partial charge in [0.2, 0.25) is 0 Å². The Morgan fingerprint density at radius 1 is 1.47 bits per heavy atom. The van der Waals surface area contributed by atoms with E-state index in [2.05, 4.69) is 41.2 Å². The number of hydrogen-bond donors (Lipinski definition) is 2. The number of halogens is 1. The minimum Gasteiger partial charge on any atom is -0.488 e. The van der Waals surface area contributed by atoms with Gasteiger partial charge in [-0.3, -0.25) is 0 Å². The van der Waals surface area contributed by atoms with Gasteiger partial charge >= 0.3 is 0 Å². The van der Waals surface area contributed by atoms with Crippen molar-refractivity contribution in [1.29, 1.82) is 0 Å². The van der Waals surface area contributed by atoms with E-state index in [0.717, 1.165) is 36.2 Å². The van der Waals surface area contributed by atoms with Crippen molar-refractivity contribution in [2.45, 2.75) is 32.8 Å². The molecule has 1 unspecified atom stereocenters. The molecule has 2 N–H and O–H groups in total. The normalized spacial score (nSPS) is 18.2. The Morgan fingerprint density at radius 2 is 2.26 bits per heavy atom. The second-order valence-electron chi connectivity index (χ2n) is 5.96. The number of nitrogens with one attached hydrogen (secondary N) is 1. The van der Waals surface area contributed by atoms with Crippen LogP contribution >= 0.6 is 15.9 Å². The minimum absolute atomic E-state index is 0.128. The van der Waals surface area contributed by atoms with Crippen LogP contribution in [0.3, 0.4) is 0 Å². The molecular formula is C15H22BrNO2. The van der Waals surface area contributed by atoms with Crippen LogP contribution in [0.25, 0.3) is 0 Å². The van der Waals surface area contributed by atoms with E-state index in [9.17, 15) is 0 Å². The summed E-state index contributed by atoms with van der Waals surface area (Å²) in [7, 11) is 0. The first-order valence-electron chi connectivity index (χ1n) is 6.77. The monoisotopic (exact) mass is 327 g/mol. The van der Waals surface area contributed by atoms with Crippen LogP contribution in [0.1, 0.15) is 25.8 Å². The van der Waals surface area contributed by atoms with Gasteiger partial charge in [-0.05, 0) is 35.6 Å². The van der Waals surface area contributed by atoms with Gasteiger partial charge in [0.15, 0.2) is 0 Å². The highest BCUT2D eigenvalue weighted by Gasteiger charge is 2.24. The molecule has 1 aliphatic heterocycles. The molecule has 0 aliphatic carbocycles. The third-order valence-electron chi connectivity index (χ3n) is 3.53. The fraction of sp³-hybridized carbons (Fsp3) is 0.600. The standard InChI is InChI=1S/C15H22BrNO2/c1-15(2,5-6-18)10-17-9-13-8-11-7-12(16)3-4-14(11)19-13/h3-4,7,13,17-18H,5-6,8-10H2,1-2H3. The fourth-order valence-electron chi connectivity index (χ4n) is 2.37. The van der Waals surface area contributed by atoms with Crippen molar-refractivity contribution in [1.82, 2.24) is 5.32 Å². The first kappa shape index (κ1) is 14.8. The molecule has 0 radical (unpaired) electrons. The van der Waals surface area contributed by atoms with Crippen LogP contribution < -0.4 is 10.1 Å². The molecule has 1 aromatic carbocycles. The second kappa shape index (κ2) is 6.25. The lowest BCUT2D eigenvalue weighted by Gasteiger charge is -2.24. The zero-order valence-electron chi connectivity index (χ0n) is 11.6. The third kappa shape index (κ3) is 4.20. The van der Waals surface area contributed by atoms with E-state index in [1.165, 1.54) is 5.56 Å². The smallest absolute Gasteiger partial charge is 0.123 e.